The first-order valence-electron chi connectivity index (χ1n) is 12.9. The van der Waals surface area contributed by atoms with Crippen molar-refractivity contribution >= 4 is 24.0 Å². The lowest BCUT2D eigenvalue weighted by atomic mass is 9.91. The summed E-state index contributed by atoms with van der Waals surface area (Å²) in [5.41, 5.74) is 9.33. The second-order valence-corrected chi connectivity index (χ2v) is 10.1. The third-order valence-electron chi connectivity index (χ3n) is 7.98. The number of hydrogen-bond acceptors (Lipinski definition) is 4. The molecule has 2 fully saturated rings. The van der Waals surface area contributed by atoms with Crippen LogP contribution in [0.25, 0.3) is 5.69 Å². The number of anilines is 1. The number of aryl methyl sites for hydroxylation is 3. The SMILES string of the molecule is Cc1ccc(-n2ncc(C(=O)N3CCN(c4cccc(C)c4C)CC3)c2C2CCNCC2)cc1C.Cl. The minimum Gasteiger partial charge on any atom is -0.368 e. The van der Waals surface area contributed by atoms with Gasteiger partial charge in [0, 0.05) is 37.8 Å². The lowest BCUT2D eigenvalue weighted by Gasteiger charge is -2.37. The molecule has 2 aliphatic heterocycles. The number of rotatable bonds is 4. The van der Waals surface area contributed by atoms with Gasteiger partial charge >= 0.3 is 0 Å². The Morgan fingerprint density at radius 1 is 0.917 bits per heavy atom. The maximum atomic E-state index is 13.8. The van der Waals surface area contributed by atoms with E-state index in [-0.39, 0.29) is 18.3 Å². The Balaban J connectivity index is 0.00000304. The molecule has 2 aromatic carbocycles. The van der Waals surface area contributed by atoms with Crippen LogP contribution in [0.2, 0.25) is 0 Å². The minimum absolute atomic E-state index is 0. The minimum atomic E-state index is 0. The Labute approximate surface area is 221 Å². The second kappa shape index (κ2) is 11.1. The Hall–Kier alpha value is -2.83. The van der Waals surface area contributed by atoms with Crippen LogP contribution in [0.15, 0.2) is 42.6 Å². The smallest absolute Gasteiger partial charge is 0.257 e. The quantitative estimate of drug-likeness (QED) is 0.542. The highest BCUT2D eigenvalue weighted by molar-refractivity contribution is 5.95. The van der Waals surface area contributed by atoms with Crippen LogP contribution in [-0.4, -0.2) is 59.9 Å². The molecule has 7 heteroatoms. The summed E-state index contributed by atoms with van der Waals surface area (Å²) in [6.07, 6.45) is 3.86. The Kier molecular flexibility index (Phi) is 8.06. The van der Waals surface area contributed by atoms with Crippen LogP contribution < -0.4 is 10.2 Å². The van der Waals surface area contributed by atoms with Crippen molar-refractivity contribution in [2.24, 2.45) is 0 Å². The van der Waals surface area contributed by atoms with Gasteiger partial charge in [-0.1, -0.05) is 18.2 Å². The molecule has 1 aromatic heterocycles. The van der Waals surface area contributed by atoms with E-state index in [0.717, 1.165) is 69.1 Å². The third-order valence-corrected chi connectivity index (χ3v) is 7.98. The van der Waals surface area contributed by atoms with Crippen LogP contribution in [0.5, 0.6) is 0 Å². The van der Waals surface area contributed by atoms with Crippen molar-refractivity contribution in [3.63, 3.8) is 0 Å². The molecule has 6 nitrogen and oxygen atoms in total. The van der Waals surface area contributed by atoms with Gasteiger partial charge in [-0.15, -0.1) is 12.4 Å². The Morgan fingerprint density at radius 2 is 1.64 bits per heavy atom. The molecule has 5 rings (SSSR count). The van der Waals surface area contributed by atoms with Gasteiger partial charge in [-0.25, -0.2) is 4.68 Å². The molecule has 0 radical (unpaired) electrons. The number of benzene rings is 2. The van der Waals surface area contributed by atoms with E-state index >= 15 is 0 Å². The summed E-state index contributed by atoms with van der Waals surface area (Å²) in [6.45, 7) is 13.7. The zero-order valence-corrected chi connectivity index (χ0v) is 22.7. The highest BCUT2D eigenvalue weighted by atomic mass is 35.5. The fraction of sp³-hybridized carbons (Fsp3) is 0.448. The average molecular weight is 508 g/mol. The molecule has 3 heterocycles. The lowest BCUT2D eigenvalue weighted by molar-refractivity contribution is 0.0744. The van der Waals surface area contributed by atoms with E-state index in [1.54, 1.807) is 0 Å². The molecular formula is C29H38ClN5O. The van der Waals surface area contributed by atoms with Crippen LogP contribution in [0, 0.1) is 27.7 Å². The summed E-state index contributed by atoms with van der Waals surface area (Å²) in [5.74, 6) is 0.449. The maximum Gasteiger partial charge on any atom is 0.257 e. The number of piperidine rings is 1. The highest BCUT2D eigenvalue weighted by Gasteiger charge is 2.31. The Bertz CT molecular complexity index is 1220. The molecule has 0 spiro atoms. The van der Waals surface area contributed by atoms with Gasteiger partial charge in [0.2, 0.25) is 0 Å². The first-order chi connectivity index (χ1) is 16.9. The molecule has 0 bridgehead atoms. The average Bonchev–Trinajstić information content (AvgIpc) is 3.33. The van der Waals surface area contributed by atoms with Crippen LogP contribution in [-0.2, 0) is 0 Å². The zero-order valence-electron chi connectivity index (χ0n) is 21.9. The van der Waals surface area contributed by atoms with Crippen molar-refractivity contribution < 1.29 is 4.79 Å². The van der Waals surface area contributed by atoms with Crippen LogP contribution in [0.4, 0.5) is 5.69 Å². The van der Waals surface area contributed by atoms with E-state index in [1.807, 2.05) is 15.8 Å². The molecular weight excluding hydrogens is 470 g/mol. The number of carbonyl (C=O) groups is 1. The van der Waals surface area contributed by atoms with Gasteiger partial charge in [-0.3, -0.25) is 4.79 Å². The number of halogens is 1. The molecule has 192 valence electrons. The van der Waals surface area contributed by atoms with E-state index in [1.165, 1.54) is 27.9 Å². The summed E-state index contributed by atoms with van der Waals surface area (Å²) in [6, 6.07) is 12.9. The van der Waals surface area contributed by atoms with Crippen molar-refractivity contribution in [1.82, 2.24) is 20.0 Å². The number of hydrogen-bond donors (Lipinski definition) is 1. The van der Waals surface area contributed by atoms with Gasteiger partial charge in [0.05, 0.1) is 23.1 Å². The summed E-state index contributed by atoms with van der Waals surface area (Å²) >= 11 is 0. The number of piperazine rings is 1. The van der Waals surface area contributed by atoms with E-state index < -0.39 is 0 Å². The van der Waals surface area contributed by atoms with E-state index in [2.05, 4.69) is 74.3 Å². The third kappa shape index (κ3) is 5.02. The number of carbonyl (C=O) groups excluding carboxylic acids is 1. The van der Waals surface area contributed by atoms with Gasteiger partial charge in [0.1, 0.15) is 0 Å². The first kappa shape index (κ1) is 26.2. The molecule has 3 aromatic rings. The Morgan fingerprint density at radius 3 is 2.33 bits per heavy atom. The predicted octanol–water partition coefficient (Wildman–Crippen LogP) is 4.96. The van der Waals surface area contributed by atoms with Crippen molar-refractivity contribution in [1.29, 1.82) is 0 Å². The van der Waals surface area contributed by atoms with Crippen molar-refractivity contribution in [2.45, 2.75) is 46.5 Å². The summed E-state index contributed by atoms with van der Waals surface area (Å²) in [5, 5.41) is 8.23. The van der Waals surface area contributed by atoms with Gasteiger partial charge in [-0.05, 0) is 94.1 Å². The normalized spacial score (nSPS) is 16.7. The monoisotopic (exact) mass is 507 g/mol. The predicted molar refractivity (Wildman–Crippen MR) is 149 cm³/mol. The number of nitrogens with zero attached hydrogens (tertiary/aromatic N) is 4. The van der Waals surface area contributed by atoms with Crippen molar-refractivity contribution in [3.8, 4) is 5.69 Å². The van der Waals surface area contributed by atoms with Gasteiger partial charge < -0.3 is 15.1 Å². The first-order valence-corrected chi connectivity index (χ1v) is 12.9. The largest absolute Gasteiger partial charge is 0.368 e. The zero-order chi connectivity index (χ0) is 24.5. The van der Waals surface area contributed by atoms with E-state index in [0.29, 0.717) is 5.92 Å². The topological polar surface area (TPSA) is 53.4 Å². The number of aromatic nitrogens is 2. The molecule has 1 N–H and O–H groups in total. The fourth-order valence-electron chi connectivity index (χ4n) is 5.47. The lowest BCUT2D eigenvalue weighted by Crippen LogP contribution is -2.49. The molecule has 2 aliphatic rings. The summed E-state index contributed by atoms with van der Waals surface area (Å²) < 4.78 is 2.03. The molecule has 0 atom stereocenters. The van der Waals surface area contributed by atoms with Crippen LogP contribution >= 0.6 is 12.4 Å². The van der Waals surface area contributed by atoms with E-state index in [9.17, 15) is 4.79 Å². The molecule has 0 saturated carbocycles. The molecule has 0 aliphatic carbocycles. The van der Waals surface area contributed by atoms with Gasteiger partial charge in [0.25, 0.3) is 5.91 Å². The fourth-order valence-corrected chi connectivity index (χ4v) is 5.47. The summed E-state index contributed by atoms with van der Waals surface area (Å²) in [4.78, 5) is 18.3. The van der Waals surface area contributed by atoms with E-state index in [4.69, 9.17) is 5.10 Å². The summed E-state index contributed by atoms with van der Waals surface area (Å²) in [7, 11) is 0. The van der Waals surface area contributed by atoms with Gasteiger partial charge in [0.15, 0.2) is 0 Å². The number of amides is 1. The standard InChI is InChI=1S/C29H37N5O.ClH/c1-20-8-9-25(18-22(20)3)34-28(24-10-12-30-13-11-24)26(19-31-34)29(35)33-16-14-32(15-17-33)27-7-5-6-21(2)23(27)4;/h5-9,18-19,24,30H,10-17H2,1-4H3;1H. The van der Waals surface area contributed by atoms with Gasteiger partial charge in [-0.2, -0.15) is 5.10 Å². The molecule has 1 amide bonds. The van der Waals surface area contributed by atoms with Crippen LogP contribution in [0.1, 0.15) is 57.1 Å². The maximum absolute atomic E-state index is 13.8. The number of nitrogens with one attached hydrogen (secondary N) is 1. The van der Waals surface area contributed by atoms with Crippen molar-refractivity contribution in [3.05, 3.63) is 76.1 Å². The molecule has 36 heavy (non-hydrogen) atoms. The van der Waals surface area contributed by atoms with Crippen molar-refractivity contribution in [2.75, 3.05) is 44.2 Å². The molecule has 2 saturated heterocycles. The van der Waals surface area contributed by atoms with Crippen LogP contribution in [0.3, 0.4) is 0 Å². The molecule has 0 unspecified atom stereocenters. The second-order valence-electron chi connectivity index (χ2n) is 10.1. The highest BCUT2D eigenvalue weighted by Crippen LogP contribution is 2.32.